The molecular weight excluding hydrogens is 378 g/mol. The van der Waals surface area contributed by atoms with Crippen molar-refractivity contribution in [1.29, 1.82) is 0 Å². The van der Waals surface area contributed by atoms with Crippen LogP contribution in [0.4, 0.5) is 0 Å². The molecule has 7 heteroatoms. The number of para-hydroxylation sites is 2. The van der Waals surface area contributed by atoms with E-state index in [0.29, 0.717) is 6.54 Å². The van der Waals surface area contributed by atoms with Gasteiger partial charge < -0.3 is 15.4 Å². The molecule has 0 fully saturated rings. The summed E-state index contributed by atoms with van der Waals surface area (Å²) in [6.45, 7) is 2.40. The van der Waals surface area contributed by atoms with E-state index >= 15 is 0 Å². The fraction of sp³-hybridized carbons (Fsp3) is 0.435. The monoisotopic (exact) mass is 407 g/mol. The summed E-state index contributed by atoms with van der Waals surface area (Å²) in [7, 11) is 0. The SMILES string of the molecule is O=C(O)CNCCCCN(Cc1nc2ccccc2[nH]1)C1CCCc2cccnc21. The van der Waals surface area contributed by atoms with E-state index in [4.69, 9.17) is 15.1 Å². The van der Waals surface area contributed by atoms with Gasteiger partial charge in [0, 0.05) is 6.20 Å². The van der Waals surface area contributed by atoms with Gasteiger partial charge in [0.25, 0.3) is 0 Å². The molecule has 0 saturated carbocycles. The Bertz CT molecular complexity index is 953. The third kappa shape index (κ3) is 5.04. The van der Waals surface area contributed by atoms with Crippen LogP contribution < -0.4 is 5.32 Å². The lowest BCUT2D eigenvalue weighted by molar-refractivity contribution is -0.135. The largest absolute Gasteiger partial charge is 0.480 e. The standard InChI is InChI=1S/C23H29N5O2/c29-22(30)15-24-12-3-4-14-28(16-21-26-18-9-1-2-10-19(18)27-21)20-11-5-7-17-8-6-13-25-23(17)20/h1-2,6,8-10,13,20,24H,3-5,7,11-12,14-16H2,(H,26,27)(H,29,30). The van der Waals surface area contributed by atoms with Crippen molar-refractivity contribution in [3.05, 3.63) is 59.7 Å². The van der Waals surface area contributed by atoms with Crippen molar-refractivity contribution in [3.8, 4) is 0 Å². The maximum atomic E-state index is 10.7. The lowest BCUT2D eigenvalue weighted by Gasteiger charge is -2.34. The van der Waals surface area contributed by atoms with Crippen LogP contribution in [0.25, 0.3) is 11.0 Å². The lowest BCUT2D eigenvalue weighted by atomic mass is 9.90. The summed E-state index contributed by atoms with van der Waals surface area (Å²) in [6.07, 6.45) is 7.18. The van der Waals surface area contributed by atoms with Gasteiger partial charge in [-0.1, -0.05) is 18.2 Å². The Balaban J connectivity index is 1.47. The smallest absolute Gasteiger partial charge is 0.317 e. The maximum absolute atomic E-state index is 10.7. The average molecular weight is 408 g/mol. The first-order valence-corrected chi connectivity index (χ1v) is 10.7. The Labute approximate surface area is 176 Å². The average Bonchev–Trinajstić information content (AvgIpc) is 3.17. The number of aliphatic carboxylic acids is 1. The fourth-order valence-electron chi connectivity index (χ4n) is 4.32. The summed E-state index contributed by atoms with van der Waals surface area (Å²) in [6, 6.07) is 12.6. The molecule has 3 aromatic rings. The van der Waals surface area contributed by atoms with Crippen LogP contribution in [0.2, 0.25) is 0 Å². The first-order chi connectivity index (χ1) is 14.7. The van der Waals surface area contributed by atoms with Gasteiger partial charge in [0.05, 0.1) is 35.9 Å². The molecule has 158 valence electrons. The summed E-state index contributed by atoms with van der Waals surface area (Å²) >= 11 is 0. The zero-order valence-corrected chi connectivity index (χ0v) is 17.2. The summed E-state index contributed by atoms with van der Waals surface area (Å²) in [4.78, 5) is 26.1. The summed E-state index contributed by atoms with van der Waals surface area (Å²) in [5.74, 6) is 0.162. The molecule has 1 atom stereocenters. The number of carbonyl (C=O) groups is 1. The molecule has 4 rings (SSSR count). The van der Waals surface area contributed by atoms with Gasteiger partial charge in [-0.15, -0.1) is 0 Å². The Hall–Kier alpha value is -2.77. The molecule has 7 nitrogen and oxygen atoms in total. The second-order valence-electron chi connectivity index (χ2n) is 7.90. The molecule has 0 aliphatic heterocycles. The Morgan fingerprint density at radius 2 is 2.13 bits per heavy atom. The number of aromatic amines is 1. The Morgan fingerprint density at radius 1 is 1.23 bits per heavy atom. The number of aromatic nitrogens is 3. The number of hydrogen-bond donors (Lipinski definition) is 3. The van der Waals surface area contributed by atoms with E-state index in [0.717, 1.165) is 55.6 Å². The molecule has 1 aromatic carbocycles. The molecule has 0 radical (unpaired) electrons. The van der Waals surface area contributed by atoms with E-state index in [-0.39, 0.29) is 12.6 Å². The zero-order valence-electron chi connectivity index (χ0n) is 17.2. The molecule has 0 bridgehead atoms. The minimum absolute atomic E-state index is 0.0165. The predicted octanol–water partition coefficient (Wildman–Crippen LogP) is 3.29. The number of nitrogens with zero attached hydrogens (tertiary/aromatic N) is 3. The second-order valence-corrected chi connectivity index (χ2v) is 7.90. The number of rotatable bonds is 10. The number of carboxylic acid groups (broad SMARTS) is 1. The molecule has 2 heterocycles. The summed E-state index contributed by atoms with van der Waals surface area (Å²) < 4.78 is 0. The van der Waals surface area contributed by atoms with Crippen LogP contribution in [-0.4, -0.2) is 50.6 Å². The molecule has 2 aromatic heterocycles. The van der Waals surface area contributed by atoms with Crippen LogP contribution in [0.1, 0.15) is 48.8 Å². The van der Waals surface area contributed by atoms with Gasteiger partial charge in [0.2, 0.25) is 0 Å². The molecule has 1 aliphatic carbocycles. The topological polar surface area (TPSA) is 94.1 Å². The summed E-state index contributed by atoms with van der Waals surface area (Å²) in [5.41, 5.74) is 4.61. The van der Waals surface area contributed by atoms with Crippen molar-refractivity contribution in [2.45, 2.75) is 44.7 Å². The van der Waals surface area contributed by atoms with Crippen LogP contribution in [-0.2, 0) is 17.8 Å². The van der Waals surface area contributed by atoms with Gasteiger partial charge in [-0.05, 0) is 69.0 Å². The third-order valence-electron chi connectivity index (χ3n) is 5.72. The van der Waals surface area contributed by atoms with Crippen molar-refractivity contribution in [2.24, 2.45) is 0 Å². The number of benzene rings is 1. The Kier molecular flexibility index (Phi) is 6.71. The highest BCUT2D eigenvalue weighted by Crippen LogP contribution is 2.33. The second kappa shape index (κ2) is 9.82. The predicted molar refractivity (Wildman–Crippen MR) is 116 cm³/mol. The molecule has 0 amide bonds. The van der Waals surface area contributed by atoms with Crippen LogP contribution in [0.3, 0.4) is 0 Å². The number of aryl methyl sites for hydroxylation is 1. The van der Waals surface area contributed by atoms with E-state index in [1.54, 1.807) is 0 Å². The number of imidazole rings is 1. The molecule has 3 N–H and O–H groups in total. The number of carboxylic acids is 1. The van der Waals surface area contributed by atoms with Crippen molar-refractivity contribution < 1.29 is 9.90 Å². The van der Waals surface area contributed by atoms with E-state index in [9.17, 15) is 4.79 Å². The van der Waals surface area contributed by atoms with E-state index < -0.39 is 5.97 Å². The minimum atomic E-state index is -0.814. The molecule has 30 heavy (non-hydrogen) atoms. The highest BCUT2D eigenvalue weighted by molar-refractivity contribution is 5.74. The van der Waals surface area contributed by atoms with Crippen LogP contribution >= 0.6 is 0 Å². The lowest BCUT2D eigenvalue weighted by Crippen LogP contribution is -2.33. The van der Waals surface area contributed by atoms with Crippen molar-refractivity contribution in [1.82, 2.24) is 25.2 Å². The molecule has 0 saturated heterocycles. The number of hydrogen-bond acceptors (Lipinski definition) is 5. The summed E-state index contributed by atoms with van der Waals surface area (Å²) in [5, 5.41) is 11.7. The van der Waals surface area contributed by atoms with Crippen molar-refractivity contribution in [3.63, 3.8) is 0 Å². The number of nitrogens with one attached hydrogen (secondary N) is 2. The number of unbranched alkanes of at least 4 members (excludes halogenated alkanes) is 1. The molecule has 0 spiro atoms. The van der Waals surface area contributed by atoms with Gasteiger partial charge in [-0.25, -0.2) is 4.98 Å². The first kappa shape index (κ1) is 20.5. The minimum Gasteiger partial charge on any atom is -0.480 e. The number of pyridine rings is 1. The van der Waals surface area contributed by atoms with Crippen molar-refractivity contribution >= 4 is 17.0 Å². The quantitative estimate of drug-likeness (QED) is 0.447. The van der Waals surface area contributed by atoms with Gasteiger partial charge in [-0.2, -0.15) is 0 Å². The van der Waals surface area contributed by atoms with Gasteiger partial charge in [0.1, 0.15) is 5.82 Å². The first-order valence-electron chi connectivity index (χ1n) is 10.7. The van der Waals surface area contributed by atoms with Gasteiger partial charge >= 0.3 is 5.97 Å². The number of fused-ring (bicyclic) bond motifs is 2. The fourth-order valence-corrected chi connectivity index (χ4v) is 4.32. The zero-order chi connectivity index (χ0) is 20.8. The van der Waals surface area contributed by atoms with Crippen molar-refractivity contribution in [2.75, 3.05) is 19.6 Å². The Morgan fingerprint density at radius 3 is 3.00 bits per heavy atom. The molecular formula is C23H29N5O2. The van der Waals surface area contributed by atoms with Gasteiger partial charge in [-0.3, -0.25) is 14.7 Å². The normalized spacial score (nSPS) is 16.1. The van der Waals surface area contributed by atoms with Crippen LogP contribution in [0.5, 0.6) is 0 Å². The maximum Gasteiger partial charge on any atom is 0.317 e. The molecule has 1 aliphatic rings. The highest BCUT2D eigenvalue weighted by Gasteiger charge is 2.27. The highest BCUT2D eigenvalue weighted by atomic mass is 16.4. The van der Waals surface area contributed by atoms with Gasteiger partial charge in [0.15, 0.2) is 0 Å². The van der Waals surface area contributed by atoms with E-state index in [1.165, 1.54) is 17.7 Å². The third-order valence-corrected chi connectivity index (χ3v) is 5.72. The van der Waals surface area contributed by atoms with Crippen LogP contribution in [0, 0.1) is 0 Å². The number of H-pyrrole nitrogens is 1. The van der Waals surface area contributed by atoms with Crippen LogP contribution in [0.15, 0.2) is 42.6 Å². The molecule has 1 unspecified atom stereocenters. The van der Waals surface area contributed by atoms with E-state index in [1.807, 2.05) is 30.5 Å². The van der Waals surface area contributed by atoms with E-state index in [2.05, 4.69) is 27.3 Å².